The van der Waals surface area contributed by atoms with Gasteiger partial charge in [0.15, 0.2) is 0 Å². The van der Waals surface area contributed by atoms with E-state index >= 15 is 0 Å². The molecule has 0 spiro atoms. The number of hydrogen-bond acceptors (Lipinski definition) is 5. The van der Waals surface area contributed by atoms with Crippen molar-refractivity contribution in [2.24, 2.45) is 0 Å². The number of ether oxygens (including phenoxy) is 1. The first-order chi connectivity index (χ1) is 9.97. The Morgan fingerprint density at radius 2 is 2.24 bits per heavy atom. The quantitative estimate of drug-likeness (QED) is 0.667. The molecule has 1 fully saturated rings. The maximum Gasteiger partial charge on any atom is 0.315 e. The summed E-state index contributed by atoms with van der Waals surface area (Å²) < 4.78 is 5.50. The minimum atomic E-state index is -0.293. The molecule has 2 rings (SSSR count). The first-order valence-electron chi connectivity index (χ1n) is 7.34. The van der Waals surface area contributed by atoms with Crippen LogP contribution in [0.2, 0.25) is 0 Å². The van der Waals surface area contributed by atoms with Crippen molar-refractivity contribution >= 4 is 17.1 Å². The molecule has 116 valence electrons. The Morgan fingerprint density at radius 3 is 2.86 bits per heavy atom. The minimum absolute atomic E-state index is 0.154. The predicted octanol–water partition coefficient (Wildman–Crippen LogP) is 3.03. The van der Waals surface area contributed by atoms with E-state index in [2.05, 4.69) is 10.2 Å². The highest BCUT2D eigenvalue weighted by Gasteiger charge is 2.35. The number of nitro benzene ring substituents is 1. The van der Waals surface area contributed by atoms with E-state index in [0.29, 0.717) is 31.1 Å². The third-order valence-electron chi connectivity index (χ3n) is 3.70. The highest BCUT2D eigenvalue weighted by Crippen LogP contribution is 2.39. The Hall–Kier alpha value is -1.82. The Balaban J connectivity index is 2.44. The molecule has 1 aliphatic rings. The molecule has 6 heteroatoms. The van der Waals surface area contributed by atoms with Crippen LogP contribution in [0.15, 0.2) is 18.2 Å². The number of nitrogens with one attached hydrogen (secondary N) is 1. The molecular weight excluding hydrogens is 270 g/mol. The molecular formula is C15H23N3O3. The van der Waals surface area contributed by atoms with E-state index in [-0.39, 0.29) is 16.1 Å². The van der Waals surface area contributed by atoms with E-state index < -0.39 is 0 Å². The van der Waals surface area contributed by atoms with Gasteiger partial charge in [0.2, 0.25) is 0 Å². The molecule has 0 amide bonds. The zero-order valence-corrected chi connectivity index (χ0v) is 12.9. The van der Waals surface area contributed by atoms with Crippen molar-refractivity contribution in [3.63, 3.8) is 0 Å². The number of nitro groups is 1. The normalized spacial score (nSPS) is 17.6. The largest absolute Gasteiger partial charge is 0.379 e. The molecule has 0 aliphatic carbocycles. The zero-order valence-electron chi connectivity index (χ0n) is 12.9. The third kappa shape index (κ3) is 3.26. The fourth-order valence-corrected chi connectivity index (χ4v) is 2.65. The van der Waals surface area contributed by atoms with Crippen molar-refractivity contribution in [2.45, 2.75) is 32.7 Å². The molecule has 0 unspecified atom stereocenters. The van der Waals surface area contributed by atoms with Gasteiger partial charge in [-0.25, -0.2) is 0 Å². The van der Waals surface area contributed by atoms with Crippen LogP contribution in [0.3, 0.4) is 0 Å². The lowest BCUT2D eigenvalue weighted by Gasteiger charge is -2.43. The van der Waals surface area contributed by atoms with E-state index in [0.717, 1.165) is 13.0 Å². The summed E-state index contributed by atoms with van der Waals surface area (Å²) in [5.74, 6) is 0. The second-order valence-electron chi connectivity index (χ2n) is 5.87. The van der Waals surface area contributed by atoms with Crippen LogP contribution in [0.5, 0.6) is 0 Å². The number of morpholine rings is 1. The number of nitrogens with zero attached hydrogens (tertiary/aromatic N) is 2. The average molecular weight is 293 g/mol. The Morgan fingerprint density at radius 1 is 1.48 bits per heavy atom. The van der Waals surface area contributed by atoms with Crippen molar-refractivity contribution in [2.75, 3.05) is 36.5 Å². The van der Waals surface area contributed by atoms with Crippen molar-refractivity contribution in [1.29, 1.82) is 0 Å². The van der Waals surface area contributed by atoms with Gasteiger partial charge in [-0.1, -0.05) is 13.0 Å². The van der Waals surface area contributed by atoms with Gasteiger partial charge in [0.05, 0.1) is 23.7 Å². The molecule has 1 heterocycles. The number of hydrogen-bond donors (Lipinski definition) is 1. The lowest BCUT2D eigenvalue weighted by molar-refractivity contribution is -0.383. The van der Waals surface area contributed by atoms with Gasteiger partial charge in [-0.15, -0.1) is 0 Å². The van der Waals surface area contributed by atoms with Gasteiger partial charge in [0.25, 0.3) is 0 Å². The molecule has 0 aromatic heterocycles. The highest BCUT2D eigenvalue weighted by atomic mass is 16.6. The molecule has 1 saturated heterocycles. The van der Waals surface area contributed by atoms with Crippen LogP contribution < -0.4 is 10.2 Å². The molecule has 0 saturated carbocycles. The summed E-state index contributed by atoms with van der Waals surface area (Å²) in [6, 6.07) is 5.46. The summed E-state index contributed by atoms with van der Waals surface area (Å²) in [5.41, 5.74) is 1.14. The Bertz CT molecular complexity index is 517. The predicted molar refractivity (Wildman–Crippen MR) is 84.1 cm³/mol. The van der Waals surface area contributed by atoms with E-state index in [1.54, 1.807) is 6.07 Å². The van der Waals surface area contributed by atoms with Gasteiger partial charge in [-0.05, 0) is 32.4 Å². The summed E-state index contributed by atoms with van der Waals surface area (Å²) in [7, 11) is 0. The topological polar surface area (TPSA) is 67.6 Å². The molecule has 1 N–H and O–H groups in total. The molecule has 6 nitrogen and oxygen atoms in total. The second kappa shape index (κ2) is 6.30. The van der Waals surface area contributed by atoms with Crippen LogP contribution in [-0.4, -0.2) is 36.8 Å². The van der Waals surface area contributed by atoms with Crippen molar-refractivity contribution in [3.8, 4) is 0 Å². The standard InChI is InChI=1S/C15H23N3O3/c1-4-8-16-12-6-5-7-13(14(12)18(19)20)17-9-10-21-11-15(17,2)3/h5-7,16H,4,8-11H2,1-3H3. The SMILES string of the molecule is CCCNc1cccc(N2CCOCC2(C)C)c1[N+](=O)[O-]. The lowest BCUT2D eigenvalue weighted by atomic mass is 10.0. The minimum Gasteiger partial charge on any atom is -0.379 e. The number of benzene rings is 1. The van der Waals surface area contributed by atoms with Gasteiger partial charge in [-0.2, -0.15) is 0 Å². The fraction of sp³-hybridized carbons (Fsp3) is 0.600. The number of rotatable bonds is 5. The fourth-order valence-electron chi connectivity index (χ4n) is 2.65. The van der Waals surface area contributed by atoms with E-state index in [1.807, 2.05) is 32.9 Å². The van der Waals surface area contributed by atoms with Crippen molar-refractivity contribution in [3.05, 3.63) is 28.3 Å². The van der Waals surface area contributed by atoms with Crippen LogP contribution in [0, 0.1) is 10.1 Å². The van der Waals surface area contributed by atoms with E-state index in [1.165, 1.54) is 0 Å². The lowest BCUT2D eigenvalue weighted by Crippen LogP contribution is -2.53. The monoisotopic (exact) mass is 293 g/mol. The van der Waals surface area contributed by atoms with Crippen LogP contribution in [0.1, 0.15) is 27.2 Å². The van der Waals surface area contributed by atoms with Crippen LogP contribution in [-0.2, 0) is 4.74 Å². The van der Waals surface area contributed by atoms with Gasteiger partial charge >= 0.3 is 5.69 Å². The van der Waals surface area contributed by atoms with Crippen LogP contribution in [0.25, 0.3) is 0 Å². The van der Waals surface area contributed by atoms with Crippen molar-refractivity contribution in [1.82, 2.24) is 0 Å². The number of para-hydroxylation sites is 1. The van der Waals surface area contributed by atoms with Gasteiger partial charge in [0, 0.05) is 13.1 Å². The summed E-state index contributed by atoms with van der Waals surface area (Å²) in [6.07, 6.45) is 0.921. The number of anilines is 2. The Labute approximate surface area is 125 Å². The molecule has 0 bridgehead atoms. The van der Waals surface area contributed by atoms with Gasteiger partial charge in [0.1, 0.15) is 11.4 Å². The van der Waals surface area contributed by atoms with Crippen LogP contribution >= 0.6 is 0 Å². The average Bonchev–Trinajstić information content (AvgIpc) is 2.44. The first kappa shape index (κ1) is 15.6. The van der Waals surface area contributed by atoms with Gasteiger partial charge in [-0.3, -0.25) is 10.1 Å². The summed E-state index contributed by atoms with van der Waals surface area (Å²) in [6.45, 7) is 8.66. The van der Waals surface area contributed by atoms with Crippen molar-refractivity contribution < 1.29 is 9.66 Å². The summed E-state index contributed by atoms with van der Waals surface area (Å²) in [4.78, 5) is 13.3. The molecule has 1 aliphatic heterocycles. The molecule has 0 atom stereocenters. The third-order valence-corrected chi connectivity index (χ3v) is 3.70. The molecule has 1 aromatic carbocycles. The van der Waals surface area contributed by atoms with Crippen LogP contribution in [0.4, 0.5) is 17.1 Å². The highest BCUT2D eigenvalue weighted by molar-refractivity contribution is 5.77. The molecule has 0 radical (unpaired) electrons. The van der Waals surface area contributed by atoms with E-state index in [4.69, 9.17) is 4.74 Å². The smallest absolute Gasteiger partial charge is 0.315 e. The first-order valence-corrected chi connectivity index (χ1v) is 7.34. The summed E-state index contributed by atoms with van der Waals surface area (Å²) in [5, 5.41) is 14.7. The molecule has 1 aromatic rings. The Kier molecular flexibility index (Phi) is 4.67. The van der Waals surface area contributed by atoms with Gasteiger partial charge < -0.3 is 15.0 Å². The zero-order chi connectivity index (χ0) is 15.5. The summed E-state index contributed by atoms with van der Waals surface area (Å²) >= 11 is 0. The molecule has 21 heavy (non-hydrogen) atoms. The second-order valence-corrected chi connectivity index (χ2v) is 5.87. The maximum atomic E-state index is 11.6. The van der Waals surface area contributed by atoms with E-state index in [9.17, 15) is 10.1 Å². The maximum absolute atomic E-state index is 11.6.